The van der Waals surface area contributed by atoms with Gasteiger partial charge in [0, 0.05) is 12.6 Å². The van der Waals surface area contributed by atoms with Crippen molar-refractivity contribution in [3.05, 3.63) is 34.9 Å². The number of carbonyl (C=O) groups excluding carboxylic acids is 1. The second kappa shape index (κ2) is 8.83. The van der Waals surface area contributed by atoms with Crippen LogP contribution in [0.1, 0.15) is 56.2 Å². The first kappa shape index (κ1) is 17.7. The van der Waals surface area contributed by atoms with E-state index >= 15 is 0 Å². The summed E-state index contributed by atoms with van der Waals surface area (Å²) in [5.74, 6) is 0. The minimum atomic E-state index is -0.176. The Morgan fingerprint density at radius 2 is 1.81 bits per heavy atom. The molecule has 1 saturated carbocycles. The van der Waals surface area contributed by atoms with E-state index in [1.165, 1.54) is 16.7 Å². The fourth-order valence-corrected chi connectivity index (χ4v) is 2.81. The summed E-state index contributed by atoms with van der Waals surface area (Å²) >= 11 is 0. The molecule has 1 N–H and O–H groups in total. The lowest BCUT2D eigenvalue weighted by molar-refractivity contribution is -0.122. The zero-order chi connectivity index (χ0) is 15.8. The van der Waals surface area contributed by atoms with Crippen LogP contribution in [0, 0.1) is 13.8 Å². The van der Waals surface area contributed by atoms with Crippen molar-refractivity contribution in [2.45, 2.75) is 72.1 Å². The molecule has 0 aromatic heterocycles. The predicted octanol–water partition coefficient (Wildman–Crippen LogP) is 3.59. The third kappa shape index (κ3) is 5.16. The minimum Gasteiger partial charge on any atom is -0.393 e. The monoisotopic (exact) mass is 291 g/mol. The molecule has 0 radical (unpaired) electrons. The Balaban J connectivity index is 0.00000106. The standard InChI is InChI=1S/C16H23NO2.C2H6/c1-12-3-4-13(2)14(9-12)10-17(11-18)15-5-7-16(19)8-6-15;1-2/h3-4,9,11,15-16,19H,5-8,10H2,1-2H3;1-2H3. The first-order valence-corrected chi connectivity index (χ1v) is 8.05. The Morgan fingerprint density at radius 1 is 1.19 bits per heavy atom. The van der Waals surface area contributed by atoms with Crippen LogP contribution in [0.4, 0.5) is 0 Å². The van der Waals surface area contributed by atoms with E-state index in [2.05, 4.69) is 32.0 Å². The topological polar surface area (TPSA) is 40.5 Å². The Hall–Kier alpha value is -1.35. The van der Waals surface area contributed by atoms with Gasteiger partial charge >= 0.3 is 0 Å². The maximum absolute atomic E-state index is 11.3. The van der Waals surface area contributed by atoms with Crippen LogP contribution < -0.4 is 0 Å². The molecule has 0 spiro atoms. The summed E-state index contributed by atoms with van der Waals surface area (Å²) in [6.45, 7) is 8.84. The SMILES string of the molecule is CC.Cc1ccc(C)c(CN(C=O)C2CCC(O)CC2)c1. The molecular weight excluding hydrogens is 262 g/mol. The van der Waals surface area contributed by atoms with Gasteiger partial charge in [-0.05, 0) is 50.7 Å². The summed E-state index contributed by atoms with van der Waals surface area (Å²) in [5.41, 5.74) is 3.68. The van der Waals surface area contributed by atoms with E-state index in [1.807, 2.05) is 18.7 Å². The smallest absolute Gasteiger partial charge is 0.210 e. The molecule has 3 nitrogen and oxygen atoms in total. The molecule has 0 aliphatic heterocycles. The third-order valence-electron chi connectivity index (χ3n) is 4.13. The van der Waals surface area contributed by atoms with E-state index in [0.29, 0.717) is 6.54 Å². The van der Waals surface area contributed by atoms with Crippen LogP contribution in [-0.2, 0) is 11.3 Å². The van der Waals surface area contributed by atoms with E-state index in [0.717, 1.165) is 32.1 Å². The number of aryl methyl sites for hydroxylation is 2. The molecule has 3 heteroatoms. The number of aliphatic hydroxyl groups excluding tert-OH is 1. The highest BCUT2D eigenvalue weighted by atomic mass is 16.3. The molecule has 118 valence electrons. The van der Waals surface area contributed by atoms with Gasteiger partial charge in [0.15, 0.2) is 0 Å². The third-order valence-corrected chi connectivity index (χ3v) is 4.13. The van der Waals surface area contributed by atoms with Crippen LogP contribution in [0.3, 0.4) is 0 Å². The Kier molecular flexibility index (Phi) is 7.44. The van der Waals surface area contributed by atoms with Gasteiger partial charge in [-0.2, -0.15) is 0 Å². The van der Waals surface area contributed by atoms with E-state index in [4.69, 9.17) is 0 Å². The van der Waals surface area contributed by atoms with Crippen LogP contribution in [0.2, 0.25) is 0 Å². The van der Waals surface area contributed by atoms with Crippen molar-refractivity contribution in [2.24, 2.45) is 0 Å². The zero-order valence-electron chi connectivity index (χ0n) is 13.8. The number of benzene rings is 1. The van der Waals surface area contributed by atoms with Gasteiger partial charge in [0.05, 0.1) is 6.10 Å². The molecule has 0 heterocycles. The van der Waals surface area contributed by atoms with E-state index < -0.39 is 0 Å². The minimum absolute atomic E-state index is 0.176. The molecular formula is C18H29NO2. The Labute approximate surface area is 129 Å². The van der Waals surface area contributed by atoms with Crippen molar-refractivity contribution in [1.29, 1.82) is 0 Å². The molecule has 0 atom stereocenters. The number of amides is 1. The van der Waals surface area contributed by atoms with Gasteiger partial charge in [0.25, 0.3) is 0 Å². The maximum Gasteiger partial charge on any atom is 0.210 e. The number of carbonyl (C=O) groups is 1. The quantitative estimate of drug-likeness (QED) is 0.861. The van der Waals surface area contributed by atoms with E-state index in [9.17, 15) is 9.90 Å². The molecule has 1 aromatic carbocycles. The summed E-state index contributed by atoms with van der Waals surface area (Å²) in [6.07, 6.45) is 4.22. The van der Waals surface area contributed by atoms with Gasteiger partial charge in [0.2, 0.25) is 6.41 Å². The molecule has 0 saturated heterocycles. The van der Waals surface area contributed by atoms with Crippen molar-refractivity contribution >= 4 is 6.41 Å². The molecule has 21 heavy (non-hydrogen) atoms. The predicted molar refractivity (Wildman–Crippen MR) is 87.1 cm³/mol. The van der Waals surface area contributed by atoms with Crippen molar-refractivity contribution < 1.29 is 9.90 Å². The summed E-state index contributed by atoms with van der Waals surface area (Å²) in [5, 5.41) is 9.54. The van der Waals surface area contributed by atoms with E-state index in [1.54, 1.807) is 0 Å². The van der Waals surface area contributed by atoms with Crippen molar-refractivity contribution in [2.75, 3.05) is 0 Å². The number of hydrogen-bond donors (Lipinski definition) is 1. The molecule has 1 amide bonds. The average molecular weight is 291 g/mol. The lowest BCUT2D eigenvalue weighted by atomic mass is 9.92. The van der Waals surface area contributed by atoms with Gasteiger partial charge < -0.3 is 10.0 Å². The number of nitrogens with zero attached hydrogens (tertiary/aromatic N) is 1. The maximum atomic E-state index is 11.3. The lowest BCUT2D eigenvalue weighted by Gasteiger charge is -2.33. The number of hydrogen-bond acceptors (Lipinski definition) is 2. The van der Waals surface area contributed by atoms with Crippen molar-refractivity contribution in [1.82, 2.24) is 4.90 Å². The normalized spacial score (nSPS) is 21.2. The summed E-state index contributed by atoms with van der Waals surface area (Å²) < 4.78 is 0. The molecule has 0 unspecified atom stereocenters. The molecule has 1 aliphatic carbocycles. The molecule has 1 fully saturated rings. The summed E-state index contributed by atoms with van der Waals surface area (Å²) in [7, 11) is 0. The largest absolute Gasteiger partial charge is 0.393 e. The van der Waals surface area contributed by atoms with Crippen LogP contribution >= 0.6 is 0 Å². The van der Waals surface area contributed by atoms with Gasteiger partial charge in [-0.1, -0.05) is 37.6 Å². The highest BCUT2D eigenvalue weighted by Crippen LogP contribution is 2.24. The average Bonchev–Trinajstić information content (AvgIpc) is 2.51. The summed E-state index contributed by atoms with van der Waals surface area (Å²) in [6, 6.07) is 6.64. The number of rotatable bonds is 4. The lowest BCUT2D eigenvalue weighted by Crippen LogP contribution is -2.37. The molecule has 1 aromatic rings. The van der Waals surface area contributed by atoms with Gasteiger partial charge in [0.1, 0.15) is 0 Å². The van der Waals surface area contributed by atoms with E-state index in [-0.39, 0.29) is 12.1 Å². The zero-order valence-corrected chi connectivity index (χ0v) is 13.8. The van der Waals surface area contributed by atoms with Crippen molar-refractivity contribution in [3.63, 3.8) is 0 Å². The van der Waals surface area contributed by atoms with Crippen LogP contribution in [0.5, 0.6) is 0 Å². The fourth-order valence-electron chi connectivity index (χ4n) is 2.81. The van der Waals surface area contributed by atoms with Crippen LogP contribution in [0.25, 0.3) is 0 Å². The van der Waals surface area contributed by atoms with Crippen LogP contribution in [-0.4, -0.2) is 28.6 Å². The van der Waals surface area contributed by atoms with Gasteiger partial charge in [-0.3, -0.25) is 4.79 Å². The highest BCUT2D eigenvalue weighted by Gasteiger charge is 2.24. The summed E-state index contributed by atoms with van der Waals surface area (Å²) in [4.78, 5) is 13.2. The Morgan fingerprint density at radius 3 is 2.38 bits per heavy atom. The second-order valence-electron chi connectivity index (χ2n) is 5.67. The molecule has 1 aliphatic rings. The first-order chi connectivity index (χ1) is 10.1. The molecule has 0 bridgehead atoms. The first-order valence-electron chi connectivity index (χ1n) is 8.05. The van der Waals surface area contributed by atoms with Gasteiger partial charge in [-0.25, -0.2) is 0 Å². The second-order valence-corrected chi connectivity index (χ2v) is 5.67. The van der Waals surface area contributed by atoms with Gasteiger partial charge in [-0.15, -0.1) is 0 Å². The highest BCUT2D eigenvalue weighted by molar-refractivity contribution is 5.48. The molecule has 2 rings (SSSR count). The Bertz CT molecular complexity index is 437. The van der Waals surface area contributed by atoms with Crippen LogP contribution in [0.15, 0.2) is 18.2 Å². The fraction of sp³-hybridized carbons (Fsp3) is 0.611. The van der Waals surface area contributed by atoms with Crippen molar-refractivity contribution in [3.8, 4) is 0 Å². The number of aliphatic hydroxyl groups is 1.